The molecule has 1 heterocycles. The van der Waals surface area contributed by atoms with Crippen LogP contribution in [0.1, 0.15) is 32.6 Å². The van der Waals surface area contributed by atoms with Crippen LogP contribution in [0.2, 0.25) is 0 Å². The minimum absolute atomic E-state index is 0.0218. The van der Waals surface area contributed by atoms with Crippen LogP contribution in [0.25, 0.3) is 16.6 Å². The number of nitrogens with zero attached hydrogens (tertiary/aromatic N) is 2. The number of para-hydroxylation sites is 1. The van der Waals surface area contributed by atoms with Crippen molar-refractivity contribution in [2.24, 2.45) is 0 Å². The molecule has 0 aliphatic heterocycles. The van der Waals surface area contributed by atoms with Crippen molar-refractivity contribution >= 4 is 28.6 Å². The Labute approximate surface area is 179 Å². The average molecular weight is 424 g/mol. The number of fused-ring (bicyclic) bond motifs is 1. The van der Waals surface area contributed by atoms with Gasteiger partial charge in [0.25, 0.3) is 5.56 Å². The standard InChI is InChI=1S/C23H25N3O3S/c1-15(21(27)24-16-8-3-4-9-16)30-23-25-20-13-6-5-12-19(20)22(28)26(23)17-10-7-11-18(14-17)29-2/h5-7,10-16H,3-4,8-9H2,1-2H3,(H,24,27)/t15-/m1/s1. The van der Waals surface area contributed by atoms with E-state index in [9.17, 15) is 9.59 Å². The average Bonchev–Trinajstić information content (AvgIpc) is 3.27. The van der Waals surface area contributed by atoms with Crippen molar-refractivity contribution in [1.29, 1.82) is 0 Å². The number of ether oxygens (including phenoxy) is 1. The normalized spacial score (nSPS) is 15.3. The van der Waals surface area contributed by atoms with Crippen LogP contribution in [0.3, 0.4) is 0 Å². The van der Waals surface area contributed by atoms with Gasteiger partial charge in [0.2, 0.25) is 5.91 Å². The molecule has 156 valence electrons. The van der Waals surface area contributed by atoms with Gasteiger partial charge in [0.1, 0.15) is 5.75 Å². The molecule has 1 saturated carbocycles. The monoisotopic (exact) mass is 423 g/mol. The molecule has 0 saturated heterocycles. The molecular weight excluding hydrogens is 398 g/mol. The van der Waals surface area contributed by atoms with E-state index in [-0.39, 0.29) is 22.8 Å². The molecule has 0 unspecified atom stereocenters. The van der Waals surface area contributed by atoms with E-state index in [0.717, 1.165) is 25.7 Å². The molecule has 4 rings (SSSR count). The largest absolute Gasteiger partial charge is 0.497 e. The minimum atomic E-state index is -0.379. The lowest BCUT2D eigenvalue weighted by molar-refractivity contribution is -0.120. The van der Waals surface area contributed by atoms with E-state index in [4.69, 9.17) is 9.72 Å². The molecule has 1 aromatic heterocycles. The van der Waals surface area contributed by atoms with Crippen LogP contribution < -0.4 is 15.6 Å². The molecule has 2 aromatic carbocycles. The molecule has 3 aromatic rings. The van der Waals surface area contributed by atoms with Crippen LogP contribution in [-0.2, 0) is 4.79 Å². The summed E-state index contributed by atoms with van der Waals surface area (Å²) in [6.07, 6.45) is 4.39. The molecule has 1 fully saturated rings. The van der Waals surface area contributed by atoms with Crippen LogP contribution in [0.15, 0.2) is 58.5 Å². The zero-order valence-electron chi connectivity index (χ0n) is 17.1. The summed E-state index contributed by atoms with van der Waals surface area (Å²) in [6, 6.07) is 14.8. The Morgan fingerprint density at radius 1 is 1.20 bits per heavy atom. The molecule has 30 heavy (non-hydrogen) atoms. The summed E-state index contributed by atoms with van der Waals surface area (Å²) in [6.45, 7) is 1.85. The molecule has 0 bridgehead atoms. The second kappa shape index (κ2) is 8.92. The first-order valence-electron chi connectivity index (χ1n) is 10.2. The number of hydrogen-bond donors (Lipinski definition) is 1. The molecule has 1 N–H and O–H groups in total. The molecule has 1 aliphatic rings. The number of amides is 1. The highest BCUT2D eigenvalue weighted by atomic mass is 32.2. The lowest BCUT2D eigenvalue weighted by Gasteiger charge is -2.18. The Morgan fingerprint density at radius 3 is 2.73 bits per heavy atom. The fourth-order valence-corrected chi connectivity index (χ4v) is 4.71. The maximum Gasteiger partial charge on any atom is 0.266 e. The topological polar surface area (TPSA) is 73.2 Å². The lowest BCUT2D eigenvalue weighted by atomic mass is 10.2. The number of thioether (sulfide) groups is 1. The first-order valence-corrected chi connectivity index (χ1v) is 11.1. The molecule has 0 radical (unpaired) electrons. The third kappa shape index (κ3) is 4.21. The van der Waals surface area contributed by atoms with Crippen LogP contribution in [-0.4, -0.2) is 33.9 Å². The van der Waals surface area contributed by atoms with Crippen molar-refractivity contribution < 1.29 is 9.53 Å². The molecular formula is C23H25N3O3S. The lowest BCUT2D eigenvalue weighted by Crippen LogP contribution is -2.38. The van der Waals surface area contributed by atoms with Crippen LogP contribution in [0, 0.1) is 0 Å². The number of rotatable bonds is 6. The van der Waals surface area contributed by atoms with Gasteiger partial charge in [0.05, 0.1) is 29.0 Å². The second-order valence-electron chi connectivity index (χ2n) is 7.50. The third-order valence-electron chi connectivity index (χ3n) is 5.41. The molecule has 6 nitrogen and oxygen atoms in total. The molecule has 0 spiro atoms. The molecule has 1 aliphatic carbocycles. The van der Waals surface area contributed by atoms with E-state index in [1.165, 1.54) is 11.8 Å². The Morgan fingerprint density at radius 2 is 1.97 bits per heavy atom. The van der Waals surface area contributed by atoms with Gasteiger partial charge in [0, 0.05) is 12.1 Å². The Bertz CT molecular complexity index is 1120. The van der Waals surface area contributed by atoms with Gasteiger partial charge >= 0.3 is 0 Å². The fraction of sp³-hybridized carbons (Fsp3) is 0.348. The van der Waals surface area contributed by atoms with Crippen molar-refractivity contribution in [1.82, 2.24) is 14.9 Å². The maximum absolute atomic E-state index is 13.3. The van der Waals surface area contributed by atoms with E-state index < -0.39 is 0 Å². The SMILES string of the molecule is COc1cccc(-n2c(S[C@H](C)C(=O)NC3CCCC3)nc3ccccc3c2=O)c1. The number of carbonyl (C=O) groups excluding carboxylic acids is 1. The van der Waals surface area contributed by atoms with E-state index >= 15 is 0 Å². The van der Waals surface area contributed by atoms with Gasteiger partial charge in [-0.25, -0.2) is 4.98 Å². The van der Waals surface area contributed by atoms with Gasteiger partial charge in [-0.15, -0.1) is 0 Å². The van der Waals surface area contributed by atoms with Gasteiger partial charge in [-0.2, -0.15) is 0 Å². The van der Waals surface area contributed by atoms with Gasteiger partial charge in [-0.05, 0) is 44.0 Å². The zero-order chi connectivity index (χ0) is 21.1. The van der Waals surface area contributed by atoms with Crippen molar-refractivity contribution in [2.45, 2.75) is 49.1 Å². The van der Waals surface area contributed by atoms with Crippen molar-refractivity contribution in [3.63, 3.8) is 0 Å². The number of benzene rings is 2. The van der Waals surface area contributed by atoms with E-state index in [1.807, 2.05) is 43.3 Å². The van der Waals surface area contributed by atoms with E-state index in [1.54, 1.807) is 23.8 Å². The Kier molecular flexibility index (Phi) is 6.08. The quantitative estimate of drug-likeness (QED) is 0.480. The summed E-state index contributed by atoms with van der Waals surface area (Å²) < 4.78 is 6.89. The Balaban J connectivity index is 1.73. The van der Waals surface area contributed by atoms with Crippen molar-refractivity contribution in [3.05, 3.63) is 58.9 Å². The van der Waals surface area contributed by atoms with Crippen molar-refractivity contribution in [2.75, 3.05) is 7.11 Å². The number of carbonyl (C=O) groups is 1. The number of hydrogen-bond acceptors (Lipinski definition) is 5. The summed E-state index contributed by atoms with van der Waals surface area (Å²) in [5, 5.41) is 3.78. The molecule has 1 amide bonds. The predicted octanol–water partition coefficient (Wildman–Crippen LogP) is 3.93. The van der Waals surface area contributed by atoms with Crippen LogP contribution in [0.4, 0.5) is 0 Å². The maximum atomic E-state index is 13.3. The van der Waals surface area contributed by atoms with Crippen LogP contribution >= 0.6 is 11.8 Å². The highest BCUT2D eigenvalue weighted by Crippen LogP contribution is 2.27. The summed E-state index contributed by atoms with van der Waals surface area (Å²) in [4.78, 5) is 30.8. The smallest absolute Gasteiger partial charge is 0.266 e. The predicted molar refractivity (Wildman–Crippen MR) is 120 cm³/mol. The third-order valence-corrected chi connectivity index (χ3v) is 6.46. The van der Waals surface area contributed by atoms with Gasteiger partial charge < -0.3 is 10.1 Å². The first kappa shape index (κ1) is 20.5. The second-order valence-corrected chi connectivity index (χ2v) is 8.81. The van der Waals surface area contributed by atoms with Gasteiger partial charge in [0.15, 0.2) is 5.16 Å². The van der Waals surface area contributed by atoms with E-state index in [0.29, 0.717) is 27.5 Å². The number of aromatic nitrogens is 2. The summed E-state index contributed by atoms with van der Waals surface area (Å²) in [5.41, 5.74) is 1.11. The summed E-state index contributed by atoms with van der Waals surface area (Å²) in [5.74, 6) is 0.627. The Hall–Kier alpha value is -2.80. The molecule has 1 atom stereocenters. The number of methoxy groups -OCH3 is 1. The summed E-state index contributed by atoms with van der Waals surface area (Å²) in [7, 11) is 1.59. The first-order chi connectivity index (χ1) is 14.6. The fourth-order valence-electron chi connectivity index (χ4n) is 3.77. The highest BCUT2D eigenvalue weighted by molar-refractivity contribution is 8.00. The minimum Gasteiger partial charge on any atom is -0.497 e. The van der Waals surface area contributed by atoms with Crippen LogP contribution in [0.5, 0.6) is 5.75 Å². The highest BCUT2D eigenvalue weighted by Gasteiger charge is 2.24. The van der Waals surface area contributed by atoms with E-state index in [2.05, 4.69) is 5.32 Å². The van der Waals surface area contributed by atoms with Crippen molar-refractivity contribution in [3.8, 4) is 11.4 Å². The molecule has 7 heteroatoms. The van der Waals surface area contributed by atoms with Gasteiger partial charge in [-0.1, -0.05) is 42.8 Å². The summed E-state index contributed by atoms with van der Waals surface area (Å²) >= 11 is 1.30. The van der Waals surface area contributed by atoms with Gasteiger partial charge in [-0.3, -0.25) is 14.2 Å². The number of nitrogens with one attached hydrogen (secondary N) is 1. The zero-order valence-corrected chi connectivity index (χ0v) is 17.9.